The molecule has 0 unspecified atom stereocenters. The first-order chi connectivity index (χ1) is 13.1. The van der Waals surface area contributed by atoms with Gasteiger partial charge in [0, 0.05) is 5.69 Å². The molecule has 0 aliphatic rings. The Morgan fingerprint density at radius 2 is 1.37 bits per heavy atom. The number of benzene rings is 3. The largest absolute Gasteiger partial charge is 0.494 e. The van der Waals surface area contributed by atoms with E-state index >= 15 is 0 Å². The molecule has 0 saturated carbocycles. The molecule has 138 valence electrons. The van der Waals surface area contributed by atoms with Gasteiger partial charge in [-0.15, -0.1) is 0 Å². The molecule has 1 N–H and O–H groups in total. The van der Waals surface area contributed by atoms with Crippen molar-refractivity contribution in [2.75, 3.05) is 11.9 Å². The molecule has 0 aliphatic heterocycles. The predicted octanol–water partition coefficient (Wildman–Crippen LogP) is 5.41. The minimum atomic E-state index is -0.914. The molecular formula is C21H17F2NO3. The summed E-state index contributed by atoms with van der Waals surface area (Å²) in [5.74, 6) is -0.752. The topological polar surface area (TPSA) is 47.6 Å². The summed E-state index contributed by atoms with van der Waals surface area (Å²) < 4.78 is 38.4. The Kier molecular flexibility index (Phi) is 5.66. The lowest BCUT2D eigenvalue weighted by molar-refractivity contribution is 0.101. The zero-order valence-corrected chi connectivity index (χ0v) is 14.5. The molecule has 0 radical (unpaired) electrons. The van der Waals surface area contributed by atoms with Crippen LogP contribution in [0, 0.1) is 11.6 Å². The zero-order valence-electron chi connectivity index (χ0n) is 14.5. The lowest BCUT2D eigenvalue weighted by Crippen LogP contribution is -2.15. The Hall–Kier alpha value is -3.41. The number of carbonyl (C=O) groups excluding carboxylic acids is 1. The third-order valence-electron chi connectivity index (χ3n) is 3.67. The molecule has 6 heteroatoms. The molecule has 1 amide bonds. The number of nitrogens with one attached hydrogen (secondary N) is 1. The lowest BCUT2D eigenvalue weighted by atomic mass is 10.1. The van der Waals surface area contributed by atoms with E-state index in [9.17, 15) is 13.6 Å². The third kappa shape index (κ3) is 4.61. The summed E-state index contributed by atoms with van der Waals surface area (Å²) in [5, 5.41) is 2.46. The van der Waals surface area contributed by atoms with E-state index in [0.29, 0.717) is 23.8 Å². The van der Waals surface area contributed by atoms with Crippen molar-refractivity contribution in [3.05, 3.63) is 83.9 Å². The number of anilines is 1. The quantitative estimate of drug-likeness (QED) is 0.632. The van der Waals surface area contributed by atoms with Gasteiger partial charge in [-0.25, -0.2) is 8.78 Å². The van der Waals surface area contributed by atoms with Crippen molar-refractivity contribution in [1.82, 2.24) is 0 Å². The number of hydrogen-bond acceptors (Lipinski definition) is 3. The van der Waals surface area contributed by atoms with Crippen molar-refractivity contribution in [3.63, 3.8) is 0 Å². The summed E-state index contributed by atoms with van der Waals surface area (Å²) in [6.45, 7) is 2.50. The van der Waals surface area contributed by atoms with Crippen LogP contribution in [-0.4, -0.2) is 12.5 Å². The highest BCUT2D eigenvalue weighted by Crippen LogP contribution is 2.25. The molecular weight excluding hydrogens is 352 g/mol. The maximum absolute atomic E-state index is 13.7. The zero-order chi connectivity index (χ0) is 19.2. The minimum Gasteiger partial charge on any atom is -0.494 e. The highest BCUT2D eigenvalue weighted by molar-refractivity contribution is 6.04. The smallest absolute Gasteiger partial charge is 0.261 e. The van der Waals surface area contributed by atoms with Crippen LogP contribution in [-0.2, 0) is 0 Å². The highest BCUT2D eigenvalue weighted by atomic mass is 19.1. The van der Waals surface area contributed by atoms with Gasteiger partial charge in [0.15, 0.2) is 0 Å². The fourth-order valence-electron chi connectivity index (χ4n) is 2.42. The van der Waals surface area contributed by atoms with E-state index in [1.54, 1.807) is 48.5 Å². The first kappa shape index (κ1) is 18.4. The summed E-state index contributed by atoms with van der Waals surface area (Å²) in [5.41, 5.74) is -0.228. The van der Waals surface area contributed by atoms with Crippen molar-refractivity contribution in [2.45, 2.75) is 6.92 Å². The van der Waals surface area contributed by atoms with E-state index in [0.717, 1.165) is 17.9 Å². The summed E-state index contributed by atoms with van der Waals surface area (Å²) >= 11 is 0. The predicted molar refractivity (Wildman–Crippen MR) is 98.4 cm³/mol. The van der Waals surface area contributed by atoms with Gasteiger partial charge in [0.25, 0.3) is 5.91 Å². The monoisotopic (exact) mass is 369 g/mol. The molecule has 3 aromatic rings. The van der Waals surface area contributed by atoms with E-state index < -0.39 is 23.1 Å². The summed E-state index contributed by atoms with van der Waals surface area (Å²) in [6.07, 6.45) is 0. The SMILES string of the molecule is CCOc1ccc(Oc2ccc(NC(=O)c3c(F)cccc3F)cc2)cc1. The summed E-state index contributed by atoms with van der Waals surface area (Å²) in [4.78, 5) is 12.1. The second kappa shape index (κ2) is 8.31. The number of carbonyl (C=O) groups is 1. The van der Waals surface area contributed by atoms with Gasteiger partial charge >= 0.3 is 0 Å². The molecule has 0 bridgehead atoms. The minimum absolute atomic E-state index is 0.390. The molecule has 3 rings (SSSR count). The summed E-state index contributed by atoms with van der Waals surface area (Å²) in [7, 11) is 0. The van der Waals surface area contributed by atoms with Gasteiger partial charge in [-0.1, -0.05) is 6.07 Å². The van der Waals surface area contributed by atoms with Gasteiger partial charge in [0.2, 0.25) is 0 Å². The molecule has 27 heavy (non-hydrogen) atoms. The van der Waals surface area contributed by atoms with Crippen LogP contribution in [0.25, 0.3) is 0 Å². The van der Waals surface area contributed by atoms with E-state index in [1.807, 2.05) is 6.92 Å². The Balaban J connectivity index is 1.65. The Morgan fingerprint density at radius 1 is 0.852 bits per heavy atom. The second-order valence-electron chi connectivity index (χ2n) is 5.58. The van der Waals surface area contributed by atoms with Gasteiger partial charge in [-0.05, 0) is 67.6 Å². The average molecular weight is 369 g/mol. The molecule has 0 spiro atoms. The Bertz CT molecular complexity index is 905. The lowest BCUT2D eigenvalue weighted by Gasteiger charge is -2.09. The maximum Gasteiger partial charge on any atom is 0.261 e. The van der Waals surface area contributed by atoms with Crippen molar-refractivity contribution < 1.29 is 23.0 Å². The number of amides is 1. The van der Waals surface area contributed by atoms with Crippen molar-refractivity contribution in [2.24, 2.45) is 0 Å². The fraction of sp³-hybridized carbons (Fsp3) is 0.0952. The number of hydrogen-bond donors (Lipinski definition) is 1. The molecule has 0 fully saturated rings. The van der Waals surface area contributed by atoms with Gasteiger partial charge in [-0.2, -0.15) is 0 Å². The van der Waals surface area contributed by atoms with Crippen LogP contribution < -0.4 is 14.8 Å². The van der Waals surface area contributed by atoms with Crippen LogP contribution in [0.3, 0.4) is 0 Å². The van der Waals surface area contributed by atoms with E-state index in [2.05, 4.69) is 5.32 Å². The second-order valence-corrected chi connectivity index (χ2v) is 5.58. The normalized spacial score (nSPS) is 10.3. The van der Waals surface area contributed by atoms with Crippen molar-refractivity contribution in [3.8, 4) is 17.2 Å². The van der Waals surface area contributed by atoms with Gasteiger partial charge < -0.3 is 14.8 Å². The van der Waals surface area contributed by atoms with Gasteiger partial charge in [0.05, 0.1) is 6.61 Å². The van der Waals surface area contributed by atoms with Crippen molar-refractivity contribution >= 4 is 11.6 Å². The number of ether oxygens (including phenoxy) is 2. The molecule has 3 aromatic carbocycles. The Labute approximate surface area is 155 Å². The molecule has 0 saturated heterocycles. The van der Waals surface area contributed by atoms with Crippen LogP contribution in [0.2, 0.25) is 0 Å². The van der Waals surface area contributed by atoms with E-state index in [4.69, 9.17) is 9.47 Å². The third-order valence-corrected chi connectivity index (χ3v) is 3.67. The standard InChI is InChI=1S/C21H17F2NO3/c1-2-26-15-10-12-17(13-11-15)27-16-8-6-14(7-9-16)24-21(25)20-18(22)4-3-5-19(20)23/h3-13H,2H2,1H3,(H,24,25). The van der Waals surface area contributed by atoms with Crippen molar-refractivity contribution in [1.29, 1.82) is 0 Å². The number of halogens is 2. The molecule has 0 heterocycles. The maximum atomic E-state index is 13.7. The van der Waals surface area contributed by atoms with Crippen LogP contribution in [0.4, 0.5) is 14.5 Å². The Morgan fingerprint density at radius 3 is 1.93 bits per heavy atom. The number of rotatable bonds is 6. The molecule has 0 aromatic heterocycles. The first-order valence-corrected chi connectivity index (χ1v) is 8.33. The van der Waals surface area contributed by atoms with Gasteiger partial charge in [0.1, 0.15) is 34.4 Å². The summed E-state index contributed by atoms with van der Waals surface area (Å²) in [6, 6.07) is 16.9. The average Bonchev–Trinajstić information content (AvgIpc) is 2.65. The molecule has 4 nitrogen and oxygen atoms in total. The van der Waals surface area contributed by atoms with Gasteiger partial charge in [-0.3, -0.25) is 4.79 Å². The fourth-order valence-corrected chi connectivity index (χ4v) is 2.42. The molecule has 0 atom stereocenters. The molecule has 0 aliphatic carbocycles. The van der Waals surface area contributed by atoms with Crippen LogP contribution >= 0.6 is 0 Å². The van der Waals surface area contributed by atoms with Crippen LogP contribution in [0.1, 0.15) is 17.3 Å². The van der Waals surface area contributed by atoms with E-state index in [1.165, 1.54) is 6.07 Å². The highest BCUT2D eigenvalue weighted by Gasteiger charge is 2.17. The first-order valence-electron chi connectivity index (χ1n) is 8.33. The van der Waals surface area contributed by atoms with Crippen LogP contribution in [0.5, 0.6) is 17.2 Å². The van der Waals surface area contributed by atoms with E-state index in [-0.39, 0.29) is 0 Å². The van der Waals surface area contributed by atoms with Crippen LogP contribution in [0.15, 0.2) is 66.7 Å².